The molecule has 1 aromatic heterocycles. The van der Waals surface area contributed by atoms with Gasteiger partial charge in [0.25, 0.3) is 0 Å². The number of hydrogen-bond donors (Lipinski definition) is 1. The van der Waals surface area contributed by atoms with Crippen LogP contribution in [0.25, 0.3) is 11.0 Å². The van der Waals surface area contributed by atoms with Gasteiger partial charge in [0.2, 0.25) is 0 Å². The van der Waals surface area contributed by atoms with Crippen LogP contribution in [-0.2, 0) is 0 Å². The molecular weight excluding hydrogens is 159 g/mol. The van der Waals surface area contributed by atoms with Crippen LogP contribution >= 0.6 is 0 Å². The van der Waals surface area contributed by atoms with E-state index in [-0.39, 0.29) is 5.75 Å². The summed E-state index contributed by atoms with van der Waals surface area (Å²) in [5, 5.41) is 9.86. The van der Waals surface area contributed by atoms with Gasteiger partial charge >= 0.3 is 5.63 Å². The summed E-state index contributed by atoms with van der Waals surface area (Å²) in [5.41, 5.74) is -0.00407. The van der Waals surface area contributed by atoms with Crippen molar-refractivity contribution in [3.63, 3.8) is 0 Å². The molecule has 2 aromatic rings. The Kier molecular flexibility index (Phi) is 1.37. The van der Waals surface area contributed by atoms with Gasteiger partial charge in [-0.2, -0.15) is 0 Å². The first kappa shape index (κ1) is 6.91. The Labute approximate surface area is 67.9 Å². The minimum absolute atomic E-state index is 0.0943. The molecule has 12 heavy (non-hydrogen) atoms. The van der Waals surface area contributed by atoms with E-state index in [0.717, 1.165) is 5.39 Å². The van der Waals surface area contributed by atoms with Gasteiger partial charge in [-0.15, -0.1) is 0 Å². The highest BCUT2D eigenvalue weighted by Crippen LogP contribution is 2.17. The van der Waals surface area contributed by atoms with Crippen molar-refractivity contribution in [1.82, 2.24) is 0 Å². The zero-order valence-corrected chi connectivity index (χ0v) is 6.15. The van der Waals surface area contributed by atoms with Gasteiger partial charge < -0.3 is 9.52 Å². The van der Waals surface area contributed by atoms with Crippen molar-refractivity contribution in [1.29, 1.82) is 0 Å². The third kappa shape index (κ3) is 1.05. The minimum atomic E-state index is -0.409. The average molecular weight is 165 g/mol. The lowest BCUT2D eigenvalue weighted by molar-refractivity contribution is 0.473. The van der Waals surface area contributed by atoms with Gasteiger partial charge in [0, 0.05) is 17.5 Å². The summed E-state index contributed by atoms with van der Waals surface area (Å²) in [4.78, 5) is 10.7. The Balaban J connectivity index is 2.89. The molecule has 0 bridgehead atoms. The third-order valence-electron chi connectivity index (χ3n) is 1.61. The van der Waals surface area contributed by atoms with E-state index in [1.54, 1.807) is 18.2 Å². The number of benzene rings is 1. The predicted octanol–water partition coefficient (Wildman–Crippen LogP) is 1.50. The summed E-state index contributed by atoms with van der Waals surface area (Å²) in [7, 11) is 0. The van der Waals surface area contributed by atoms with Gasteiger partial charge in [-0.25, -0.2) is 4.79 Å². The highest BCUT2D eigenvalue weighted by molar-refractivity contribution is 5.77. The third-order valence-corrected chi connectivity index (χ3v) is 1.61. The van der Waals surface area contributed by atoms with Crippen molar-refractivity contribution >= 4 is 11.0 Å². The quantitative estimate of drug-likeness (QED) is 0.602. The molecule has 0 amide bonds. The van der Waals surface area contributed by atoms with Crippen molar-refractivity contribution in [3.8, 4) is 5.75 Å². The van der Waals surface area contributed by atoms with Crippen LogP contribution in [0.2, 0.25) is 0 Å². The molecule has 0 unspecified atom stereocenters. The molecule has 3 heteroatoms. The maximum atomic E-state index is 10.7. The van der Waals surface area contributed by atoms with Crippen LogP contribution in [-0.4, -0.2) is 5.11 Å². The molecule has 60 valence electrons. The number of rotatable bonds is 0. The number of phenolic OH excluding ortho intramolecular Hbond substituents is 1. The second-order valence-electron chi connectivity index (χ2n) is 2.48. The number of hydrogen-bond acceptors (Lipinski definition) is 3. The van der Waals surface area contributed by atoms with Crippen molar-refractivity contribution < 1.29 is 9.52 Å². The van der Waals surface area contributed by atoms with Crippen LogP contribution in [0.1, 0.15) is 0 Å². The van der Waals surface area contributed by atoms with E-state index in [9.17, 15) is 4.79 Å². The Morgan fingerprint density at radius 1 is 1.17 bits per heavy atom. The molecule has 3 nitrogen and oxygen atoms in total. The summed E-state index contributed by atoms with van der Waals surface area (Å²) in [6.07, 6.45) is 0. The Morgan fingerprint density at radius 2 is 1.92 bits per heavy atom. The average Bonchev–Trinajstić information content (AvgIpc) is 2.03. The normalized spacial score (nSPS) is 10.3. The van der Waals surface area contributed by atoms with Gasteiger partial charge in [0.1, 0.15) is 11.3 Å². The van der Waals surface area contributed by atoms with E-state index in [4.69, 9.17) is 9.52 Å². The standard InChI is InChI=1S/C9H6O3/c10-7-3-1-6-2-4-9(11)12-8(6)5-7/h1-5,10H/i5+1,7+1,8+1. The summed E-state index contributed by atoms with van der Waals surface area (Å²) in [5.74, 6) is 0.0943. The highest BCUT2D eigenvalue weighted by Gasteiger charge is 1.96. The monoisotopic (exact) mass is 165 g/mol. The van der Waals surface area contributed by atoms with Gasteiger partial charge in [0.05, 0.1) is 0 Å². The van der Waals surface area contributed by atoms with Crippen molar-refractivity contribution in [2.24, 2.45) is 0 Å². The molecule has 0 aliphatic heterocycles. The van der Waals surface area contributed by atoms with Crippen molar-refractivity contribution in [2.45, 2.75) is 0 Å². The largest absolute Gasteiger partial charge is 0.508 e. The molecule has 0 radical (unpaired) electrons. The lowest BCUT2D eigenvalue weighted by atomic mass is 10.4. The maximum Gasteiger partial charge on any atom is 0.336 e. The predicted molar refractivity (Wildman–Crippen MR) is 44.1 cm³/mol. The number of aromatic hydroxyl groups is 1. The first-order chi connectivity index (χ1) is 5.75. The fourth-order valence-corrected chi connectivity index (χ4v) is 1.05. The van der Waals surface area contributed by atoms with E-state index in [0.29, 0.717) is 5.58 Å². The Morgan fingerprint density at radius 3 is 2.75 bits per heavy atom. The topological polar surface area (TPSA) is 50.4 Å². The summed E-state index contributed by atoms with van der Waals surface area (Å²) < 4.78 is 4.83. The smallest absolute Gasteiger partial charge is 0.336 e. The SMILES string of the molecule is O=c1ccc2cc[13c](O)[13cH][13c]2o1. The van der Waals surface area contributed by atoms with Crippen LogP contribution in [0.3, 0.4) is 0 Å². The van der Waals surface area contributed by atoms with E-state index in [2.05, 4.69) is 0 Å². The van der Waals surface area contributed by atoms with Crippen LogP contribution in [0.15, 0.2) is 39.5 Å². The summed E-state index contributed by atoms with van der Waals surface area (Å²) in [6, 6.07) is 7.65. The Bertz CT molecular complexity index is 470. The fourth-order valence-electron chi connectivity index (χ4n) is 1.05. The molecular formula is C9H6O3. The second-order valence-corrected chi connectivity index (χ2v) is 2.48. The number of fused-ring (bicyclic) bond motifs is 1. The second kappa shape index (κ2) is 2.37. The zero-order valence-electron chi connectivity index (χ0n) is 6.15. The molecule has 1 heterocycles. The van der Waals surface area contributed by atoms with Crippen LogP contribution in [0.5, 0.6) is 5.75 Å². The van der Waals surface area contributed by atoms with E-state index in [1.807, 2.05) is 0 Å². The molecule has 0 aliphatic carbocycles. The van der Waals surface area contributed by atoms with E-state index in [1.165, 1.54) is 12.1 Å². The van der Waals surface area contributed by atoms with Crippen LogP contribution in [0.4, 0.5) is 0 Å². The molecule has 0 fully saturated rings. The molecule has 0 atom stereocenters. The van der Waals surface area contributed by atoms with Crippen molar-refractivity contribution in [2.75, 3.05) is 0 Å². The lowest BCUT2D eigenvalue weighted by Gasteiger charge is -1.94. The first-order valence-electron chi connectivity index (χ1n) is 3.48. The van der Waals surface area contributed by atoms with Gasteiger partial charge in [0.15, 0.2) is 0 Å². The fraction of sp³-hybridized carbons (Fsp3) is 0. The maximum absolute atomic E-state index is 10.7. The molecule has 0 aliphatic rings. The highest BCUT2D eigenvalue weighted by atomic mass is 16.4. The molecule has 0 spiro atoms. The molecule has 0 saturated carbocycles. The number of phenols is 1. The lowest BCUT2D eigenvalue weighted by Crippen LogP contribution is -1.93. The van der Waals surface area contributed by atoms with E-state index < -0.39 is 5.63 Å². The first-order valence-corrected chi connectivity index (χ1v) is 3.48. The Hall–Kier alpha value is -1.77. The minimum Gasteiger partial charge on any atom is -0.508 e. The molecule has 1 N–H and O–H groups in total. The van der Waals surface area contributed by atoms with Crippen LogP contribution in [0, 0.1) is 0 Å². The molecule has 0 saturated heterocycles. The summed E-state index contributed by atoms with van der Waals surface area (Å²) in [6.45, 7) is 0. The van der Waals surface area contributed by atoms with Gasteiger partial charge in [-0.05, 0) is 18.2 Å². The van der Waals surface area contributed by atoms with Gasteiger partial charge in [-0.1, -0.05) is 0 Å². The van der Waals surface area contributed by atoms with Gasteiger partial charge in [-0.3, -0.25) is 0 Å². The van der Waals surface area contributed by atoms with Crippen molar-refractivity contribution in [3.05, 3.63) is 40.8 Å². The van der Waals surface area contributed by atoms with Crippen LogP contribution < -0.4 is 5.63 Å². The van der Waals surface area contributed by atoms with E-state index >= 15 is 0 Å². The summed E-state index contributed by atoms with van der Waals surface area (Å²) >= 11 is 0. The zero-order chi connectivity index (χ0) is 8.55. The molecule has 1 aromatic carbocycles. The molecule has 2 rings (SSSR count).